The second kappa shape index (κ2) is 7.11. The van der Waals surface area contributed by atoms with E-state index < -0.39 is 0 Å². The molecular weight excluding hydrogens is 393 g/mol. The Morgan fingerprint density at radius 3 is 2.67 bits per heavy atom. The van der Waals surface area contributed by atoms with Crippen molar-refractivity contribution in [3.63, 3.8) is 0 Å². The van der Waals surface area contributed by atoms with Gasteiger partial charge >= 0.3 is 0 Å². The van der Waals surface area contributed by atoms with Crippen molar-refractivity contribution in [2.24, 2.45) is 0 Å². The van der Waals surface area contributed by atoms with Gasteiger partial charge in [-0.25, -0.2) is 0 Å². The molecule has 1 aromatic heterocycles. The predicted octanol–water partition coefficient (Wildman–Crippen LogP) is 5.13. The third kappa shape index (κ3) is 5.60. The minimum absolute atomic E-state index is 0.148. The number of thiophene rings is 1. The molecule has 2 aromatic rings. The number of hydrogen-bond acceptors (Lipinski definition) is 3. The van der Waals surface area contributed by atoms with Crippen LogP contribution in [0.5, 0.6) is 5.75 Å². The molecule has 0 saturated carbocycles. The third-order valence-electron chi connectivity index (χ3n) is 3.05. The number of nitrogens with one attached hydrogen (secondary N) is 1. The molecule has 2 rings (SSSR count). The van der Waals surface area contributed by atoms with Gasteiger partial charge in [0, 0.05) is 31.0 Å². The van der Waals surface area contributed by atoms with E-state index in [4.69, 9.17) is 4.74 Å². The molecule has 0 unspecified atom stereocenters. The monoisotopic (exact) mass is 415 g/mol. The summed E-state index contributed by atoms with van der Waals surface area (Å²) in [7, 11) is 0. The van der Waals surface area contributed by atoms with Crippen molar-refractivity contribution in [1.82, 2.24) is 5.32 Å². The summed E-state index contributed by atoms with van der Waals surface area (Å²) in [4.78, 5) is 2.70. The summed E-state index contributed by atoms with van der Waals surface area (Å²) in [5, 5.41) is 3.53. The minimum atomic E-state index is 0.148. The van der Waals surface area contributed by atoms with Crippen LogP contribution in [-0.2, 0) is 13.2 Å². The van der Waals surface area contributed by atoms with E-state index in [9.17, 15) is 0 Å². The lowest BCUT2D eigenvalue weighted by Gasteiger charge is -2.19. The predicted molar refractivity (Wildman–Crippen MR) is 99.1 cm³/mol. The molecule has 114 valence electrons. The Labute approximate surface area is 145 Å². The summed E-state index contributed by atoms with van der Waals surface area (Å²) >= 11 is 4.15. The van der Waals surface area contributed by atoms with E-state index in [1.165, 1.54) is 18.9 Å². The van der Waals surface area contributed by atoms with Crippen LogP contribution in [0.1, 0.15) is 36.1 Å². The summed E-state index contributed by atoms with van der Waals surface area (Å²) in [5.74, 6) is 0.932. The Hall–Kier alpha value is -0.590. The normalized spacial score (nSPS) is 11.7. The average molecular weight is 415 g/mol. The van der Waals surface area contributed by atoms with E-state index in [1.54, 1.807) is 0 Å². The van der Waals surface area contributed by atoms with Crippen LogP contribution < -0.4 is 10.1 Å². The van der Waals surface area contributed by atoms with Gasteiger partial charge in [0.1, 0.15) is 12.4 Å². The van der Waals surface area contributed by atoms with Crippen LogP contribution in [0.2, 0.25) is 0 Å². The highest BCUT2D eigenvalue weighted by Gasteiger charge is 2.11. The SMILES string of the molecule is Cc1sc(CNC(C)(C)C)cc1COc1cccc(I)c1. The number of rotatable bonds is 5. The number of halogens is 1. The Balaban J connectivity index is 1.96. The summed E-state index contributed by atoms with van der Waals surface area (Å²) < 4.78 is 7.09. The first kappa shape index (κ1) is 16.8. The number of benzene rings is 1. The molecule has 2 nitrogen and oxygen atoms in total. The molecule has 1 heterocycles. The topological polar surface area (TPSA) is 21.3 Å². The first-order valence-electron chi connectivity index (χ1n) is 7.05. The number of aryl methyl sites for hydroxylation is 1. The van der Waals surface area contributed by atoms with Gasteiger partial charge in [0.25, 0.3) is 0 Å². The second-order valence-electron chi connectivity index (χ2n) is 6.14. The smallest absolute Gasteiger partial charge is 0.120 e. The quantitative estimate of drug-likeness (QED) is 0.684. The Morgan fingerprint density at radius 2 is 2.00 bits per heavy atom. The van der Waals surface area contributed by atoms with Crippen LogP contribution in [0.15, 0.2) is 30.3 Å². The fourth-order valence-corrected chi connectivity index (χ4v) is 3.39. The number of ether oxygens (including phenoxy) is 1. The van der Waals surface area contributed by atoms with Crippen molar-refractivity contribution in [2.75, 3.05) is 0 Å². The van der Waals surface area contributed by atoms with Gasteiger partial charge in [-0.05, 0) is 74.6 Å². The highest BCUT2D eigenvalue weighted by atomic mass is 127. The Morgan fingerprint density at radius 1 is 1.24 bits per heavy atom. The van der Waals surface area contributed by atoms with Crippen LogP contribution in [0, 0.1) is 10.5 Å². The highest BCUT2D eigenvalue weighted by Crippen LogP contribution is 2.24. The molecule has 1 N–H and O–H groups in total. The van der Waals surface area contributed by atoms with Crippen molar-refractivity contribution in [1.29, 1.82) is 0 Å². The van der Waals surface area contributed by atoms with Crippen molar-refractivity contribution in [2.45, 2.75) is 46.4 Å². The van der Waals surface area contributed by atoms with Gasteiger partial charge in [-0.15, -0.1) is 11.3 Å². The molecule has 0 radical (unpaired) electrons. The van der Waals surface area contributed by atoms with Gasteiger partial charge in [-0.3, -0.25) is 0 Å². The summed E-state index contributed by atoms with van der Waals surface area (Å²) in [6.45, 7) is 10.3. The molecule has 0 aliphatic rings. The van der Waals surface area contributed by atoms with Gasteiger partial charge in [-0.2, -0.15) is 0 Å². The molecule has 0 atom stereocenters. The Bertz CT molecular complexity index is 601. The lowest BCUT2D eigenvalue weighted by molar-refractivity contribution is 0.305. The van der Waals surface area contributed by atoms with E-state index in [2.05, 4.69) is 73.8 Å². The molecule has 0 aliphatic carbocycles. The zero-order chi connectivity index (χ0) is 15.5. The Kier molecular flexibility index (Phi) is 5.68. The van der Waals surface area contributed by atoms with Gasteiger partial charge in [0.05, 0.1) is 0 Å². The van der Waals surface area contributed by atoms with Crippen molar-refractivity contribution in [3.8, 4) is 5.75 Å². The fourth-order valence-electron chi connectivity index (χ4n) is 1.89. The fraction of sp³-hybridized carbons (Fsp3) is 0.412. The van der Waals surface area contributed by atoms with Gasteiger partial charge in [-0.1, -0.05) is 6.07 Å². The molecule has 1 aromatic carbocycles. The van der Waals surface area contributed by atoms with Crippen LogP contribution in [0.25, 0.3) is 0 Å². The molecule has 0 amide bonds. The highest BCUT2D eigenvalue weighted by molar-refractivity contribution is 14.1. The van der Waals surface area contributed by atoms with E-state index >= 15 is 0 Å². The summed E-state index contributed by atoms with van der Waals surface area (Å²) in [6, 6.07) is 10.4. The second-order valence-corrected chi connectivity index (χ2v) is 8.73. The van der Waals surface area contributed by atoms with Gasteiger partial charge < -0.3 is 10.1 Å². The van der Waals surface area contributed by atoms with E-state index in [0.717, 1.165) is 12.3 Å². The first-order valence-corrected chi connectivity index (χ1v) is 8.94. The van der Waals surface area contributed by atoms with Crippen LogP contribution >= 0.6 is 33.9 Å². The zero-order valence-corrected chi connectivity index (χ0v) is 16.0. The van der Waals surface area contributed by atoms with E-state index in [-0.39, 0.29) is 5.54 Å². The molecule has 0 bridgehead atoms. The molecule has 0 fully saturated rings. The summed E-state index contributed by atoms with van der Waals surface area (Å²) in [6.07, 6.45) is 0. The molecule has 0 spiro atoms. The van der Waals surface area contributed by atoms with Crippen molar-refractivity contribution in [3.05, 3.63) is 49.2 Å². The van der Waals surface area contributed by atoms with Crippen molar-refractivity contribution < 1.29 is 4.74 Å². The average Bonchev–Trinajstić information content (AvgIpc) is 2.74. The third-order valence-corrected chi connectivity index (χ3v) is 4.82. The van der Waals surface area contributed by atoms with Gasteiger partial charge in [0.15, 0.2) is 0 Å². The minimum Gasteiger partial charge on any atom is -0.489 e. The lowest BCUT2D eigenvalue weighted by Crippen LogP contribution is -2.34. The van der Waals surface area contributed by atoms with E-state index in [0.29, 0.717) is 6.61 Å². The number of hydrogen-bond donors (Lipinski definition) is 1. The largest absolute Gasteiger partial charge is 0.489 e. The standard InChI is InChI=1S/C17H22INOS/c1-12-13(8-16(21-12)10-19-17(2,3)4)11-20-15-7-5-6-14(18)9-15/h5-9,19H,10-11H2,1-4H3. The molecule has 4 heteroatoms. The van der Waals surface area contributed by atoms with Gasteiger partial charge in [0.2, 0.25) is 0 Å². The maximum Gasteiger partial charge on any atom is 0.120 e. The molecular formula is C17H22INOS. The molecule has 21 heavy (non-hydrogen) atoms. The molecule has 0 saturated heterocycles. The van der Waals surface area contributed by atoms with Crippen molar-refractivity contribution >= 4 is 33.9 Å². The molecule has 0 aliphatic heterocycles. The lowest BCUT2D eigenvalue weighted by atomic mass is 10.1. The van der Waals surface area contributed by atoms with Crippen LogP contribution in [-0.4, -0.2) is 5.54 Å². The zero-order valence-electron chi connectivity index (χ0n) is 13.0. The van der Waals surface area contributed by atoms with Crippen LogP contribution in [0.4, 0.5) is 0 Å². The maximum atomic E-state index is 5.89. The van der Waals surface area contributed by atoms with Crippen LogP contribution in [0.3, 0.4) is 0 Å². The first-order chi connectivity index (χ1) is 9.83. The van der Waals surface area contributed by atoms with E-state index in [1.807, 2.05) is 23.5 Å². The summed E-state index contributed by atoms with van der Waals surface area (Å²) in [5.41, 5.74) is 1.43. The maximum absolute atomic E-state index is 5.89.